The molecule has 0 atom stereocenters. The van der Waals surface area contributed by atoms with Crippen molar-refractivity contribution >= 4 is 28.9 Å². The van der Waals surface area contributed by atoms with Gasteiger partial charge in [-0.2, -0.15) is 9.78 Å². The Morgan fingerprint density at radius 2 is 1.83 bits per heavy atom. The van der Waals surface area contributed by atoms with Crippen LogP contribution >= 0.6 is 11.6 Å². The number of carbonyl (C=O) groups is 1. The molecule has 0 aliphatic heterocycles. The van der Waals surface area contributed by atoms with Crippen molar-refractivity contribution in [3.8, 4) is 11.4 Å². The number of hydrogen-bond donors (Lipinski definition) is 2. The molecule has 2 N–H and O–H groups in total. The number of carbonyl (C=O) groups excluding carboxylic acids is 1. The molecule has 4 rings (SSSR count). The van der Waals surface area contributed by atoms with Gasteiger partial charge in [-0.1, -0.05) is 29.8 Å². The quantitative estimate of drug-likeness (QED) is 0.357. The van der Waals surface area contributed by atoms with E-state index in [9.17, 15) is 14.0 Å². The largest absolute Gasteiger partial charge is 0.490 e. The van der Waals surface area contributed by atoms with Gasteiger partial charge in [0.2, 0.25) is 0 Å². The SMILES string of the molecule is CCOc1cnn(-c2ccc(Cl)cc2)c(=O)c1Nc1cccc(C(=O)NCc2ccc(F)cc2)c1. The third kappa shape index (κ3) is 5.85. The van der Waals surface area contributed by atoms with E-state index in [1.54, 1.807) is 67.6 Å². The molecule has 0 saturated heterocycles. The van der Waals surface area contributed by atoms with Gasteiger partial charge >= 0.3 is 0 Å². The summed E-state index contributed by atoms with van der Waals surface area (Å²) < 4.78 is 19.9. The number of rotatable bonds is 8. The van der Waals surface area contributed by atoms with Crippen molar-refractivity contribution in [2.45, 2.75) is 13.5 Å². The lowest BCUT2D eigenvalue weighted by molar-refractivity contribution is 0.0951. The minimum atomic E-state index is -0.426. The molecule has 9 heteroatoms. The van der Waals surface area contributed by atoms with Crippen molar-refractivity contribution in [2.75, 3.05) is 11.9 Å². The first-order valence-electron chi connectivity index (χ1n) is 10.9. The minimum absolute atomic E-state index is 0.181. The van der Waals surface area contributed by atoms with Crippen LogP contribution in [0.25, 0.3) is 5.69 Å². The molecule has 3 aromatic carbocycles. The van der Waals surface area contributed by atoms with Crippen molar-refractivity contribution in [2.24, 2.45) is 0 Å². The summed E-state index contributed by atoms with van der Waals surface area (Å²) in [6.07, 6.45) is 1.46. The summed E-state index contributed by atoms with van der Waals surface area (Å²) in [5.74, 6) is -0.360. The maximum Gasteiger partial charge on any atom is 0.299 e. The number of benzene rings is 3. The molecule has 1 aromatic heterocycles. The van der Waals surface area contributed by atoms with Gasteiger partial charge in [-0.3, -0.25) is 9.59 Å². The highest BCUT2D eigenvalue weighted by atomic mass is 35.5. The molecule has 0 unspecified atom stereocenters. The highest BCUT2D eigenvalue weighted by Gasteiger charge is 2.15. The van der Waals surface area contributed by atoms with Crippen molar-refractivity contribution in [3.05, 3.63) is 111 Å². The van der Waals surface area contributed by atoms with Crippen LogP contribution in [0, 0.1) is 5.82 Å². The lowest BCUT2D eigenvalue weighted by atomic mass is 10.1. The molecule has 178 valence electrons. The van der Waals surface area contributed by atoms with Gasteiger partial charge in [0.15, 0.2) is 11.4 Å². The fraction of sp³-hybridized carbons (Fsp3) is 0.115. The maximum absolute atomic E-state index is 13.3. The Morgan fingerprint density at radius 1 is 1.09 bits per heavy atom. The van der Waals surface area contributed by atoms with Gasteiger partial charge < -0.3 is 15.4 Å². The average molecular weight is 493 g/mol. The number of aromatic nitrogens is 2. The van der Waals surface area contributed by atoms with E-state index in [1.165, 1.54) is 23.0 Å². The van der Waals surface area contributed by atoms with E-state index in [2.05, 4.69) is 15.7 Å². The van der Waals surface area contributed by atoms with Crippen molar-refractivity contribution in [3.63, 3.8) is 0 Å². The van der Waals surface area contributed by atoms with Crippen LogP contribution in [0.2, 0.25) is 5.02 Å². The summed E-state index contributed by atoms with van der Waals surface area (Å²) in [5.41, 5.74) is 1.98. The van der Waals surface area contributed by atoms with Crippen molar-refractivity contribution in [1.82, 2.24) is 15.1 Å². The topological polar surface area (TPSA) is 85.2 Å². The normalized spacial score (nSPS) is 10.6. The van der Waals surface area contributed by atoms with E-state index in [0.717, 1.165) is 5.56 Å². The maximum atomic E-state index is 13.3. The standard InChI is InChI=1S/C26H22ClFN4O3/c1-2-35-23-16-30-32(22-12-8-19(27)9-13-22)26(34)24(23)31-21-5-3-4-18(14-21)25(33)29-15-17-6-10-20(28)11-7-17/h3-14,16,31H,2,15H2,1H3,(H,29,33). The molecule has 0 saturated carbocycles. The van der Waals surface area contributed by atoms with Gasteiger partial charge in [0.25, 0.3) is 11.5 Å². The second-order valence-corrected chi connectivity index (χ2v) is 7.96. The molecule has 0 radical (unpaired) electrons. The molecule has 0 spiro atoms. The van der Waals surface area contributed by atoms with Gasteiger partial charge in [-0.25, -0.2) is 4.39 Å². The van der Waals surface area contributed by atoms with Gasteiger partial charge in [-0.05, 0) is 67.1 Å². The van der Waals surface area contributed by atoms with Crippen LogP contribution in [0.5, 0.6) is 5.75 Å². The van der Waals surface area contributed by atoms with Crippen LogP contribution in [0.3, 0.4) is 0 Å². The fourth-order valence-corrected chi connectivity index (χ4v) is 3.48. The first kappa shape index (κ1) is 24.0. The fourth-order valence-electron chi connectivity index (χ4n) is 3.35. The van der Waals surface area contributed by atoms with Crippen LogP contribution in [0.1, 0.15) is 22.8 Å². The Bertz CT molecular complexity index is 1390. The third-order valence-corrected chi connectivity index (χ3v) is 5.33. The predicted molar refractivity (Wildman–Crippen MR) is 133 cm³/mol. The van der Waals surface area contributed by atoms with Crippen LogP contribution in [-0.2, 0) is 6.54 Å². The Labute approximate surface area is 206 Å². The highest BCUT2D eigenvalue weighted by Crippen LogP contribution is 2.25. The molecule has 4 aromatic rings. The lowest BCUT2D eigenvalue weighted by Crippen LogP contribution is -2.25. The van der Waals surface area contributed by atoms with Crippen LogP contribution in [0.4, 0.5) is 15.8 Å². The Hall–Kier alpha value is -4.17. The molecule has 1 heterocycles. The molecule has 1 amide bonds. The highest BCUT2D eigenvalue weighted by molar-refractivity contribution is 6.30. The van der Waals surface area contributed by atoms with E-state index in [1.807, 2.05) is 0 Å². The molecule has 0 aliphatic rings. The number of ether oxygens (including phenoxy) is 1. The van der Waals surface area contributed by atoms with Crippen molar-refractivity contribution < 1.29 is 13.9 Å². The summed E-state index contributed by atoms with van der Waals surface area (Å²) in [4.78, 5) is 25.9. The van der Waals surface area contributed by atoms with E-state index in [4.69, 9.17) is 16.3 Å². The zero-order valence-corrected chi connectivity index (χ0v) is 19.6. The summed E-state index contributed by atoms with van der Waals surface area (Å²) in [6, 6.07) is 19.3. The molecule has 7 nitrogen and oxygen atoms in total. The summed E-state index contributed by atoms with van der Waals surface area (Å²) >= 11 is 5.96. The van der Waals surface area contributed by atoms with E-state index < -0.39 is 5.56 Å². The van der Waals surface area contributed by atoms with Crippen LogP contribution < -0.4 is 20.9 Å². The van der Waals surface area contributed by atoms with Gasteiger partial charge in [0.05, 0.1) is 18.5 Å². The minimum Gasteiger partial charge on any atom is -0.490 e. The number of amides is 1. The summed E-state index contributed by atoms with van der Waals surface area (Å²) in [6.45, 7) is 2.40. The summed E-state index contributed by atoms with van der Waals surface area (Å²) in [5, 5.41) is 10.6. The number of nitrogens with zero attached hydrogens (tertiary/aromatic N) is 2. The monoisotopic (exact) mass is 492 g/mol. The smallest absolute Gasteiger partial charge is 0.299 e. The van der Waals surface area contributed by atoms with E-state index >= 15 is 0 Å². The number of halogens is 2. The number of nitrogens with one attached hydrogen (secondary N) is 2. The lowest BCUT2D eigenvalue weighted by Gasteiger charge is -2.14. The van der Waals surface area contributed by atoms with Gasteiger partial charge in [0.1, 0.15) is 5.82 Å². The first-order valence-corrected chi connectivity index (χ1v) is 11.2. The van der Waals surface area contributed by atoms with Gasteiger partial charge in [0, 0.05) is 22.8 Å². The zero-order chi connectivity index (χ0) is 24.8. The molecular weight excluding hydrogens is 471 g/mol. The van der Waals surface area contributed by atoms with E-state index in [-0.39, 0.29) is 29.7 Å². The second-order valence-electron chi connectivity index (χ2n) is 7.53. The third-order valence-electron chi connectivity index (χ3n) is 5.07. The number of hydrogen-bond acceptors (Lipinski definition) is 5. The summed E-state index contributed by atoms with van der Waals surface area (Å²) in [7, 11) is 0. The molecule has 0 aliphatic carbocycles. The second kappa shape index (κ2) is 10.8. The number of anilines is 2. The Balaban J connectivity index is 1.58. The van der Waals surface area contributed by atoms with Gasteiger partial charge in [-0.15, -0.1) is 0 Å². The average Bonchev–Trinajstić information content (AvgIpc) is 2.87. The molecular formula is C26H22ClFN4O3. The van der Waals surface area contributed by atoms with Crippen molar-refractivity contribution in [1.29, 1.82) is 0 Å². The molecule has 0 bridgehead atoms. The van der Waals surface area contributed by atoms with Crippen LogP contribution in [-0.4, -0.2) is 22.3 Å². The van der Waals surface area contributed by atoms with Crippen LogP contribution in [0.15, 0.2) is 83.8 Å². The molecule has 0 fully saturated rings. The zero-order valence-electron chi connectivity index (χ0n) is 18.8. The predicted octanol–water partition coefficient (Wildman–Crippen LogP) is 5.10. The first-order chi connectivity index (χ1) is 16.9. The Morgan fingerprint density at radius 3 is 2.54 bits per heavy atom. The molecule has 35 heavy (non-hydrogen) atoms. The Kier molecular flexibility index (Phi) is 7.42. The van der Waals surface area contributed by atoms with E-state index in [0.29, 0.717) is 28.6 Å².